The highest BCUT2D eigenvalue weighted by Gasteiger charge is 2.26. The second-order valence-corrected chi connectivity index (χ2v) is 8.32. The Balaban J connectivity index is 1.78. The van der Waals surface area contributed by atoms with E-state index in [0.717, 1.165) is 28.1 Å². The number of aromatic nitrogens is 5. The van der Waals surface area contributed by atoms with Gasteiger partial charge < -0.3 is 16.2 Å². The number of rotatable bonds is 4. The molecule has 4 heterocycles. The van der Waals surface area contributed by atoms with Crippen LogP contribution in [0.4, 0.5) is 5.95 Å². The molecule has 1 saturated heterocycles. The third-order valence-corrected chi connectivity index (χ3v) is 5.76. The van der Waals surface area contributed by atoms with Crippen molar-refractivity contribution in [3.63, 3.8) is 0 Å². The van der Waals surface area contributed by atoms with Gasteiger partial charge in [-0.3, -0.25) is 4.98 Å². The average Bonchev–Trinajstić information content (AvgIpc) is 3.31. The van der Waals surface area contributed by atoms with Crippen LogP contribution < -0.4 is 16.7 Å². The predicted molar refractivity (Wildman–Crippen MR) is 122 cm³/mol. The van der Waals surface area contributed by atoms with Gasteiger partial charge in [-0.05, 0) is 38.0 Å². The number of nitrogens with two attached hydrogens (primary N) is 1. The molecule has 5 rings (SSSR count). The number of hydrogen-bond donors (Lipinski definition) is 3. The Kier molecular flexibility index (Phi) is 4.99. The lowest BCUT2D eigenvalue weighted by Gasteiger charge is -2.13. The summed E-state index contributed by atoms with van der Waals surface area (Å²) in [4.78, 5) is 22.3. The normalized spacial score (nSPS) is 18.5. The standard InChI is InChI=1S/C23H25N7O2/c1-13-8-16(9-14(2)26-13)19-20(15-6-4-3-5-7-15)27-22(24)30-21(19)28-29(23(30)32)12-17-10-18(31)11-25-17/h3-9,17-18,25,31H,10-12H2,1-2H3,(H2,24,27)/t17-,18-/m0/s1. The van der Waals surface area contributed by atoms with E-state index in [1.807, 2.05) is 56.3 Å². The summed E-state index contributed by atoms with van der Waals surface area (Å²) >= 11 is 0. The van der Waals surface area contributed by atoms with Gasteiger partial charge in [0, 0.05) is 29.5 Å². The maximum absolute atomic E-state index is 13.2. The molecule has 9 heteroatoms. The van der Waals surface area contributed by atoms with E-state index in [1.54, 1.807) is 0 Å². The van der Waals surface area contributed by atoms with Crippen molar-refractivity contribution in [2.45, 2.75) is 39.0 Å². The number of nitrogens with zero attached hydrogens (tertiary/aromatic N) is 5. The molecule has 0 bridgehead atoms. The van der Waals surface area contributed by atoms with Crippen LogP contribution in [0.3, 0.4) is 0 Å². The van der Waals surface area contributed by atoms with Crippen LogP contribution in [0.15, 0.2) is 47.3 Å². The molecule has 164 valence electrons. The quantitative estimate of drug-likeness (QED) is 0.448. The Morgan fingerprint density at radius 2 is 1.84 bits per heavy atom. The second kappa shape index (κ2) is 7.85. The molecule has 1 aliphatic heterocycles. The summed E-state index contributed by atoms with van der Waals surface area (Å²) in [6, 6.07) is 13.6. The summed E-state index contributed by atoms with van der Waals surface area (Å²) < 4.78 is 2.76. The molecule has 32 heavy (non-hydrogen) atoms. The van der Waals surface area contributed by atoms with Crippen molar-refractivity contribution in [1.82, 2.24) is 29.5 Å². The van der Waals surface area contributed by atoms with Crippen molar-refractivity contribution in [2.24, 2.45) is 0 Å². The van der Waals surface area contributed by atoms with Gasteiger partial charge in [0.15, 0.2) is 5.65 Å². The smallest absolute Gasteiger partial charge is 0.353 e. The summed E-state index contributed by atoms with van der Waals surface area (Å²) in [5, 5.41) is 17.7. The van der Waals surface area contributed by atoms with Crippen molar-refractivity contribution < 1.29 is 5.11 Å². The highest BCUT2D eigenvalue weighted by atomic mass is 16.3. The highest BCUT2D eigenvalue weighted by molar-refractivity contribution is 5.90. The summed E-state index contributed by atoms with van der Waals surface area (Å²) in [7, 11) is 0. The Morgan fingerprint density at radius 3 is 2.50 bits per heavy atom. The molecule has 0 spiro atoms. The van der Waals surface area contributed by atoms with Gasteiger partial charge in [-0.1, -0.05) is 30.3 Å². The average molecular weight is 432 g/mol. The van der Waals surface area contributed by atoms with Crippen molar-refractivity contribution >= 4 is 11.6 Å². The summed E-state index contributed by atoms with van der Waals surface area (Å²) in [5.41, 5.74) is 11.2. The van der Waals surface area contributed by atoms with Gasteiger partial charge in [-0.15, -0.1) is 5.10 Å². The minimum atomic E-state index is -0.414. The fourth-order valence-electron chi connectivity index (χ4n) is 4.42. The van der Waals surface area contributed by atoms with Gasteiger partial charge in [-0.25, -0.2) is 18.9 Å². The van der Waals surface area contributed by atoms with Crippen LogP contribution in [0.25, 0.3) is 28.0 Å². The van der Waals surface area contributed by atoms with Gasteiger partial charge in [0.1, 0.15) is 0 Å². The van der Waals surface area contributed by atoms with E-state index >= 15 is 0 Å². The number of hydrogen-bond acceptors (Lipinski definition) is 7. The van der Waals surface area contributed by atoms with Crippen LogP contribution >= 0.6 is 0 Å². The Morgan fingerprint density at radius 1 is 1.12 bits per heavy atom. The van der Waals surface area contributed by atoms with Gasteiger partial charge >= 0.3 is 5.69 Å². The molecule has 0 radical (unpaired) electrons. The van der Waals surface area contributed by atoms with Crippen LogP contribution in [0.1, 0.15) is 17.8 Å². The number of pyridine rings is 1. The summed E-state index contributed by atoms with van der Waals surface area (Å²) in [6.45, 7) is 4.71. The van der Waals surface area contributed by atoms with E-state index in [4.69, 9.17) is 5.73 Å². The number of nitrogen functional groups attached to an aromatic ring is 1. The van der Waals surface area contributed by atoms with E-state index in [-0.39, 0.29) is 17.7 Å². The van der Waals surface area contributed by atoms with Crippen molar-refractivity contribution in [3.05, 3.63) is 64.3 Å². The van der Waals surface area contributed by atoms with Crippen molar-refractivity contribution in [1.29, 1.82) is 0 Å². The van der Waals surface area contributed by atoms with E-state index in [0.29, 0.717) is 30.9 Å². The zero-order chi connectivity index (χ0) is 22.4. The number of fused-ring (bicyclic) bond motifs is 1. The molecule has 1 aromatic carbocycles. The van der Waals surface area contributed by atoms with Gasteiger partial charge in [0.05, 0.1) is 23.9 Å². The van der Waals surface area contributed by atoms with E-state index in [1.165, 1.54) is 9.08 Å². The number of aryl methyl sites for hydroxylation is 2. The number of anilines is 1. The fraction of sp³-hybridized carbons (Fsp3) is 0.304. The monoisotopic (exact) mass is 431 g/mol. The lowest BCUT2D eigenvalue weighted by molar-refractivity contribution is 0.192. The Labute approximate surface area is 184 Å². The SMILES string of the molecule is Cc1cc(-c2c(-c3ccccc3)nc(N)n3c(=O)n(C[C@@H]4C[C@H](O)CN4)nc23)cc(C)n1. The van der Waals surface area contributed by atoms with E-state index in [2.05, 4.69) is 20.4 Å². The van der Waals surface area contributed by atoms with Crippen LogP contribution in [0, 0.1) is 13.8 Å². The number of nitrogens with one attached hydrogen (secondary N) is 1. The van der Waals surface area contributed by atoms with Crippen molar-refractivity contribution in [3.8, 4) is 22.4 Å². The molecule has 9 nitrogen and oxygen atoms in total. The molecular weight excluding hydrogens is 406 g/mol. The first-order chi connectivity index (χ1) is 15.4. The maximum atomic E-state index is 13.2. The molecule has 2 atom stereocenters. The minimum absolute atomic E-state index is 0.0377. The van der Waals surface area contributed by atoms with E-state index in [9.17, 15) is 9.90 Å². The van der Waals surface area contributed by atoms with Gasteiger partial charge in [0.2, 0.25) is 5.95 Å². The van der Waals surface area contributed by atoms with Crippen molar-refractivity contribution in [2.75, 3.05) is 12.3 Å². The lowest BCUT2D eigenvalue weighted by atomic mass is 9.99. The lowest BCUT2D eigenvalue weighted by Crippen LogP contribution is -2.33. The third kappa shape index (κ3) is 3.55. The zero-order valence-electron chi connectivity index (χ0n) is 18.0. The molecule has 0 amide bonds. The fourth-order valence-corrected chi connectivity index (χ4v) is 4.42. The van der Waals surface area contributed by atoms with Gasteiger partial charge in [-0.2, -0.15) is 0 Å². The third-order valence-electron chi connectivity index (χ3n) is 5.76. The molecule has 0 saturated carbocycles. The molecule has 4 N–H and O–H groups in total. The van der Waals surface area contributed by atoms with Crippen LogP contribution in [0.5, 0.6) is 0 Å². The molecule has 1 aliphatic rings. The van der Waals surface area contributed by atoms with Gasteiger partial charge in [0.25, 0.3) is 0 Å². The largest absolute Gasteiger partial charge is 0.392 e. The molecular formula is C23H25N7O2. The molecule has 1 fully saturated rings. The second-order valence-electron chi connectivity index (χ2n) is 8.32. The van der Waals surface area contributed by atoms with Crippen LogP contribution in [-0.4, -0.2) is 47.9 Å². The van der Waals surface area contributed by atoms with Crippen LogP contribution in [-0.2, 0) is 6.54 Å². The Bertz CT molecular complexity index is 1340. The molecule has 4 aromatic rings. The summed E-state index contributed by atoms with van der Waals surface area (Å²) in [5.74, 6) is 0.0840. The number of aliphatic hydroxyl groups is 1. The maximum Gasteiger partial charge on any atom is 0.353 e. The molecule has 3 aromatic heterocycles. The van der Waals surface area contributed by atoms with E-state index < -0.39 is 6.10 Å². The number of β-amino-alcohol motifs (C(OH)–C–C–N with tert-alkyl or cyclic N) is 1. The topological polar surface area (TPSA) is 123 Å². The first-order valence-electron chi connectivity index (χ1n) is 10.6. The Hall–Kier alpha value is -3.56. The predicted octanol–water partition coefficient (Wildman–Crippen LogP) is 1.54. The first-order valence-corrected chi connectivity index (χ1v) is 10.6. The minimum Gasteiger partial charge on any atom is -0.392 e. The first kappa shape index (κ1) is 20.3. The number of benzene rings is 1. The molecule has 0 unspecified atom stereocenters. The molecule has 0 aliphatic carbocycles. The zero-order valence-corrected chi connectivity index (χ0v) is 18.0. The van der Waals surface area contributed by atoms with Crippen LogP contribution in [0.2, 0.25) is 0 Å². The highest BCUT2D eigenvalue weighted by Crippen LogP contribution is 2.34. The number of aliphatic hydroxyl groups excluding tert-OH is 1. The summed E-state index contributed by atoms with van der Waals surface area (Å²) in [6.07, 6.45) is 0.154.